The van der Waals surface area contributed by atoms with E-state index >= 15 is 0 Å². The third kappa shape index (κ3) is 7.61. The van der Waals surface area contributed by atoms with Crippen molar-refractivity contribution in [3.63, 3.8) is 0 Å². The van der Waals surface area contributed by atoms with Crippen LogP contribution in [0.5, 0.6) is 0 Å². The molecule has 79 heavy (non-hydrogen) atoms. The minimum Gasteiger partial charge on any atom is -0.472 e. The van der Waals surface area contributed by atoms with Gasteiger partial charge in [-0.3, -0.25) is 0 Å². The molecule has 0 saturated heterocycles. The minimum absolute atomic E-state index is 0.0165. The van der Waals surface area contributed by atoms with E-state index in [1.807, 2.05) is 0 Å². The number of aryl methyl sites for hydroxylation is 1. The summed E-state index contributed by atoms with van der Waals surface area (Å²) < 4.78 is 8.00. The van der Waals surface area contributed by atoms with Crippen molar-refractivity contribution in [2.24, 2.45) is 0 Å². The smallest absolute Gasteiger partial charge is 0.297 e. The van der Waals surface area contributed by atoms with Gasteiger partial charge in [-0.2, -0.15) is 0 Å². The number of nitrogens with zero attached hydrogens (tertiary/aromatic N) is 2. The molecule has 5 aromatic carbocycles. The summed E-state index contributed by atoms with van der Waals surface area (Å²) in [6.07, 6.45) is 11.6. The third-order valence-electron chi connectivity index (χ3n) is 23.2. The lowest BCUT2D eigenvalue weighted by atomic mass is 9.35. The maximum atomic E-state index is 8.00. The Hall–Kier alpha value is -4.96. The Morgan fingerprint density at radius 1 is 0.367 bits per heavy atom. The van der Waals surface area contributed by atoms with Crippen LogP contribution in [-0.2, 0) is 54.1 Å². The molecule has 1 aromatic heterocycles. The first-order chi connectivity index (χ1) is 36.5. The number of anilines is 6. The van der Waals surface area contributed by atoms with Crippen LogP contribution in [0, 0.1) is 6.92 Å². The third-order valence-corrected chi connectivity index (χ3v) is 23.2. The molecule has 0 amide bonds. The Morgan fingerprint density at radius 3 is 1.24 bits per heavy atom. The Morgan fingerprint density at radius 2 is 0.747 bits per heavy atom. The highest BCUT2D eigenvalue weighted by Gasteiger charge is 2.54. The molecule has 0 atom stereocenters. The van der Waals surface area contributed by atoms with Gasteiger partial charge >= 0.3 is 0 Å². The molecule has 0 unspecified atom stereocenters. The van der Waals surface area contributed by atoms with Gasteiger partial charge in [-0.05, 0) is 234 Å². The van der Waals surface area contributed by atoms with E-state index < -0.39 is 0 Å². The second-order valence-electron chi connectivity index (χ2n) is 33.5. The van der Waals surface area contributed by atoms with Crippen molar-refractivity contribution in [1.82, 2.24) is 0 Å². The average Bonchev–Trinajstić information content (AvgIpc) is 2.24. The molecule has 0 fully saturated rings. The van der Waals surface area contributed by atoms with Crippen molar-refractivity contribution in [3.05, 3.63) is 134 Å². The Bertz CT molecular complexity index is 3610. The molecule has 0 bridgehead atoms. The lowest BCUT2D eigenvalue weighted by Crippen LogP contribution is -2.61. The molecule has 414 valence electrons. The van der Waals surface area contributed by atoms with Gasteiger partial charge in [0.15, 0.2) is 0 Å². The van der Waals surface area contributed by atoms with E-state index in [1.54, 1.807) is 0 Å². The predicted octanol–water partition coefficient (Wildman–Crippen LogP) is 19.1. The number of hydrogen-bond acceptors (Lipinski definition) is 3. The first-order valence-corrected chi connectivity index (χ1v) is 31.1. The van der Waals surface area contributed by atoms with E-state index in [4.69, 9.17) is 4.42 Å². The lowest BCUT2D eigenvalue weighted by molar-refractivity contribution is 0.282. The Labute approximate surface area is 478 Å². The molecule has 0 radical (unpaired) electrons. The molecule has 3 nitrogen and oxygen atoms in total. The Balaban J connectivity index is 1.21. The zero-order chi connectivity index (χ0) is 56.7. The van der Waals surface area contributed by atoms with Crippen molar-refractivity contribution in [3.8, 4) is 11.1 Å². The number of rotatable bonds is 3. The minimum atomic E-state index is -0.133. The van der Waals surface area contributed by atoms with Crippen LogP contribution >= 0.6 is 0 Å². The Kier molecular flexibility index (Phi) is 10.9. The largest absolute Gasteiger partial charge is 0.472 e. The van der Waals surface area contributed by atoms with Gasteiger partial charge in [0, 0.05) is 39.4 Å². The molecule has 5 aliphatic carbocycles. The van der Waals surface area contributed by atoms with Gasteiger partial charge in [0.05, 0.1) is 11.3 Å². The zero-order valence-electron chi connectivity index (χ0n) is 52.9. The van der Waals surface area contributed by atoms with Crippen LogP contribution in [0.2, 0.25) is 0 Å². The van der Waals surface area contributed by atoms with E-state index in [0.29, 0.717) is 0 Å². The first kappa shape index (κ1) is 53.4. The van der Waals surface area contributed by atoms with Crippen LogP contribution in [-0.4, -0.2) is 6.71 Å². The number of hydrogen-bond donors (Lipinski definition) is 0. The molecule has 7 aliphatic rings. The van der Waals surface area contributed by atoms with Crippen LogP contribution in [0.4, 0.5) is 34.1 Å². The van der Waals surface area contributed by atoms with Gasteiger partial charge in [-0.25, -0.2) is 0 Å². The topological polar surface area (TPSA) is 19.6 Å². The molecule has 0 N–H and O–H groups in total. The van der Waals surface area contributed by atoms with Gasteiger partial charge in [0.25, 0.3) is 6.71 Å². The van der Waals surface area contributed by atoms with E-state index in [1.165, 1.54) is 156 Å². The van der Waals surface area contributed by atoms with E-state index in [2.05, 4.69) is 228 Å². The van der Waals surface area contributed by atoms with Crippen molar-refractivity contribution in [2.75, 3.05) is 9.80 Å². The average molecular weight is 1050 g/mol. The maximum absolute atomic E-state index is 8.00. The standard InChI is InChI=1S/C75H95BN2O/c1-44-36-51-54(71(12,13)31-30-68(51,6)7)41-48(44)45-37-59-62-60(38-45)78(47-23-25-50-53(40-47)70(10,11)29-27-67(50,4)5)63-61-64(75(20,21)35-34-74(61,18)19)79-65(63)76(62)57-42-55-56(73(16,17)33-32-72(55,14)15)43-58(57)77(59)46-22-24-49-52(39-46)69(8,9)28-26-66(49,2)3/h22-25,36-43H,26-35H2,1-21H3. The molecule has 13 rings (SSSR count). The van der Waals surface area contributed by atoms with Crippen LogP contribution in [0.3, 0.4) is 0 Å². The number of fused-ring (bicyclic) bond motifs is 10. The highest BCUT2D eigenvalue weighted by molar-refractivity contribution is 6.99. The van der Waals surface area contributed by atoms with Crippen molar-refractivity contribution >= 4 is 57.4 Å². The molecule has 3 heterocycles. The van der Waals surface area contributed by atoms with Crippen LogP contribution in [0.15, 0.2) is 77.2 Å². The zero-order valence-corrected chi connectivity index (χ0v) is 52.9. The molecule has 6 aromatic rings. The second kappa shape index (κ2) is 16.2. The van der Waals surface area contributed by atoms with E-state index in [9.17, 15) is 0 Å². The normalized spacial score (nSPS) is 23.7. The number of furan rings is 1. The maximum Gasteiger partial charge on any atom is 0.297 e. The number of benzene rings is 5. The van der Waals surface area contributed by atoms with Crippen molar-refractivity contribution < 1.29 is 4.42 Å². The highest BCUT2D eigenvalue weighted by Crippen LogP contribution is 2.59. The summed E-state index contributed by atoms with van der Waals surface area (Å²) in [6.45, 7) is 52.1. The molecular weight excluding hydrogens is 956 g/mol. The SMILES string of the molecule is Cc1cc2c(cc1-c1cc3c4c(c1)N(c1ccc5c(c1)C(C)(C)CCC5(C)C)c1c(oc5c1C(C)(C)CCC5(C)C)B4c1cc4c(cc1N3c1ccc3c(c1)C(C)(C)CCC3(C)C)C(C)(C)CCC4(C)C)C(C)(C)CCC2(C)C. The van der Waals surface area contributed by atoms with Gasteiger partial charge in [-0.15, -0.1) is 0 Å². The summed E-state index contributed by atoms with van der Waals surface area (Å²) in [7, 11) is 0. The fraction of sp³-hybridized carbons (Fsp3) is 0.547. The monoisotopic (exact) mass is 1050 g/mol. The van der Waals surface area contributed by atoms with Gasteiger partial charge in [0.1, 0.15) is 5.76 Å². The molecule has 2 aliphatic heterocycles. The van der Waals surface area contributed by atoms with Crippen LogP contribution in [0.25, 0.3) is 11.1 Å². The lowest BCUT2D eigenvalue weighted by Gasteiger charge is -2.48. The fourth-order valence-electron chi connectivity index (χ4n) is 17.0. The molecule has 0 spiro atoms. The van der Waals surface area contributed by atoms with Crippen molar-refractivity contribution in [1.29, 1.82) is 0 Å². The van der Waals surface area contributed by atoms with Gasteiger partial charge in [-0.1, -0.05) is 169 Å². The first-order valence-electron chi connectivity index (χ1n) is 31.1. The summed E-state index contributed by atoms with van der Waals surface area (Å²) in [5.74, 6) is 1.19. The summed E-state index contributed by atoms with van der Waals surface area (Å²) >= 11 is 0. The summed E-state index contributed by atoms with van der Waals surface area (Å²) in [6, 6.07) is 31.3. The summed E-state index contributed by atoms with van der Waals surface area (Å²) in [5, 5.41) is 0. The highest BCUT2D eigenvalue weighted by atomic mass is 16.3. The van der Waals surface area contributed by atoms with Gasteiger partial charge < -0.3 is 14.2 Å². The molecule has 4 heteroatoms. The predicted molar refractivity (Wildman–Crippen MR) is 339 cm³/mol. The fourth-order valence-corrected chi connectivity index (χ4v) is 17.0. The van der Waals surface area contributed by atoms with Crippen LogP contribution < -0.4 is 26.4 Å². The summed E-state index contributed by atoms with van der Waals surface area (Å²) in [5.41, 5.74) is 29.2. The molecule has 0 saturated carbocycles. The second-order valence-corrected chi connectivity index (χ2v) is 33.5. The summed E-state index contributed by atoms with van der Waals surface area (Å²) in [4.78, 5) is 5.54. The quantitative estimate of drug-likeness (QED) is 0.164. The van der Waals surface area contributed by atoms with Crippen molar-refractivity contribution in [2.45, 2.75) is 264 Å². The molecular formula is C75H95BN2O. The van der Waals surface area contributed by atoms with Crippen LogP contribution in [0.1, 0.15) is 264 Å². The van der Waals surface area contributed by atoms with E-state index in [0.717, 1.165) is 31.3 Å². The van der Waals surface area contributed by atoms with E-state index in [-0.39, 0.29) is 60.9 Å². The van der Waals surface area contributed by atoms with Gasteiger partial charge in [0.2, 0.25) is 0 Å².